The van der Waals surface area contributed by atoms with Crippen molar-refractivity contribution in [2.45, 2.75) is 20.8 Å². The first kappa shape index (κ1) is 13.9. The van der Waals surface area contributed by atoms with Crippen LogP contribution in [0.3, 0.4) is 0 Å². The number of hydrogen-bond acceptors (Lipinski definition) is 6. The largest absolute Gasteiger partial charge is 0.493 e. The van der Waals surface area contributed by atoms with E-state index < -0.39 is 4.08 Å². The zero-order valence-corrected chi connectivity index (χ0v) is 12.2. The Balaban J connectivity index is 2.50. The number of thioether (sulfide) groups is 2. The first-order valence-corrected chi connectivity index (χ1v) is 7.09. The van der Waals surface area contributed by atoms with Gasteiger partial charge in [-0.1, -0.05) is 0 Å². The third kappa shape index (κ3) is 2.07. The lowest BCUT2D eigenvalue weighted by Gasteiger charge is -2.20. The van der Waals surface area contributed by atoms with Crippen LogP contribution in [0.25, 0.3) is 0 Å². The molecule has 0 spiro atoms. The molecule has 0 atom stereocenters. The Morgan fingerprint density at radius 2 is 1.83 bits per heavy atom. The number of benzene rings is 1. The maximum Gasteiger partial charge on any atom is 0.164 e. The zero-order chi connectivity index (χ0) is 13.3. The maximum atomic E-state index is 9.47. The molecule has 4 nitrogen and oxygen atoms in total. The molecule has 1 aromatic rings. The molecule has 6 heteroatoms. The number of aliphatic hydroxyl groups is 2. The van der Waals surface area contributed by atoms with Crippen LogP contribution < -0.4 is 9.47 Å². The van der Waals surface area contributed by atoms with E-state index in [9.17, 15) is 10.2 Å². The molecule has 0 bridgehead atoms. The van der Waals surface area contributed by atoms with E-state index in [1.165, 1.54) is 23.5 Å². The van der Waals surface area contributed by atoms with Crippen LogP contribution in [0.2, 0.25) is 0 Å². The van der Waals surface area contributed by atoms with E-state index in [2.05, 4.69) is 0 Å². The average Bonchev–Trinajstić information content (AvgIpc) is 2.78. The predicted octanol–water partition coefficient (Wildman–Crippen LogP) is 1.89. The summed E-state index contributed by atoms with van der Waals surface area (Å²) >= 11 is 2.96. The van der Waals surface area contributed by atoms with Gasteiger partial charge in [0.25, 0.3) is 0 Å². The van der Waals surface area contributed by atoms with Gasteiger partial charge in [0.1, 0.15) is 4.08 Å². The molecule has 1 aliphatic heterocycles. The number of hydrogen-bond donors (Lipinski definition) is 2. The van der Waals surface area contributed by atoms with Crippen LogP contribution in [0.5, 0.6) is 11.5 Å². The van der Waals surface area contributed by atoms with Crippen molar-refractivity contribution in [2.75, 3.05) is 27.4 Å². The van der Waals surface area contributed by atoms with Crippen molar-refractivity contribution < 1.29 is 19.7 Å². The molecular formula is C12H16O4S2. The molecule has 1 aromatic carbocycles. The highest BCUT2D eigenvalue weighted by molar-refractivity contribution is 8.20. The lowest BCUT2D eigenvalue weighted by Crippen LogP contribution is -2.27. The molecule has 0 unspecified atom stereocenters. The van der Waals surface area contributed by atoms with Gasteiger partial charge in [-0.3, -0.25) is 0 Å². The minimum Gasteiger partial charge on any atom is -0.493 e. The van der Waals surface area contributed by atoms with Crippen LogP contribution in [0, 0.1) is 6.92 Å². The first-order valence-electron chi connectivity index (χ1n) is 5.46. The molecule has 1 heterocycles. The molecule has 0 amide bonds. The van der Waals surface area contributed by atoms with Crippen LogP contribution in [0.1, 0.15) is 5.56 Å². The third-order valence-electron chi connectivity index (χ3n) is 2.88. The van der Waals surface area contributed by atoms with Crippen molar-refractivity contribution in [1.82, 2.24) is 0 Å². The molecular weight excluding hydrogens is 272 g/mol. The summed E-state index contributed by atoms with van der Waals surface area (Å²) in [6.07, 6.45) is 0. The van der Waals surface area contributed by atoms with E-state index in [0.717, 1.165) is 15.4 Å². The minimum atomic E-state index is -0.607. The SMILES string of the molecule is COc1cc2c(c(C)c1OC)SC(CO)(CO)S2. The van der Waals surface area contributed by atoms with Gasteiger partial charge in [0.05, 0.1) is 27.4 Å². The van der Waals surface area contributed by atoms with Gasteiger partial charge in [0, 0.05) is 15.4 Å². The van der Waals surface area contributed by atoms with Crippen molar-refractivity contribution in [3.8, 4) is 11.5 Å². The van der Waals surface area contributed by atoms with Gasteiger partial charge in [-0.25, -0.2) is 0 Å². The van der Waals surface area contributed by atoms with Gasteiger partial charge in [0.2, 0.25) is 0 Å². The van der Waals surface area contributed by atoms with Crippen molar-refractivity contribution in [3.05, 3.63) is 11.6 Å². The number of fused-ring (bicyclic) bond motifs is 1. The highest BCUT2D eigenvalue weighted by atomic mass is 32.2. The first-order chi connectivity index (χ1) is 8.60. The number of methoxy groups -OCH3 is 2. The summed E-state index contributed by atoms with van der Waals surface area (Å²) in [5.41, 5.74) is 0.980. The Bertz CT molecular complexity index is 458. The van der Waals surface area contributed by atoms with Crippen molar-refractivity contribution >= 4 is 23.5 Å². The molecule has 0 radical (unpaired) electrons. The van der Waals surface area contributed by atoms with E-state index in [1.54, 1.807) is 14.2 Å². The topological polar surface area (TPSA) is 58.9 Å². The van der Waals surface area contributed by atoms with Crippen molar-refractivity contribution in [2.24, 2.45) is 0 Å². The van der Waals surface area contributed by atoms with Crippen molar-refractivity contribution in [1.29, 1.82) is 0 Å². The van der Waals surface area contributed by atoms with E-state index >= 15 is 0 Å². The Kier molecular flexibility index (Phi) is 4.01. The summed E-state index contributed by atoms with van der Waals surface area (Å²) < 4.78 is 10.1. The molecule has 0 aromatic heterocycles. The van der Waals surface area contributed by atoms with Crippen LogP contribution in [0.4, 0.5) is 0 Å². The zero-order valence-electron chi connectivity index (χ0n) is 10.5. The molecule has 0 saturated carbocycles. The van der Waals surface area contributed by atoms with Gasteiger partial charge in [-0.05, 0) is 13.0 Å². The lowest BCUT2D eigenvalue weighted by molar-refractivity contribution is 0.216. The summed E-state index contributed by atoms with van der Waals surface area (Å²) in [6.45, 7) is 1.79. The second-order valence-corrected chi connectivity index (χ2v) is 7.07. The molecule has 1 aliphatic rings. The number of ether oxygens (including phenoxy) is 2. The van der Waals surface area contributed by atoms with Crippen LogP contribution in [-0.4, -0.2) is 41.7 Å². The minimum absolute atomic E-state index is 0.0857. The molecule has 0 saturated heterocycles. The highest BCUT2D eigenvalue weighted by Crippen LogP contribution is 2.59. The van der Waals surface area contributed by atoms with Gasteiger partial charge in [-0.2, -0.15) is 0 Å². The van der Waals surface area contributed by atoms with Gasteiger partial charge in [-0.15, -0.1) is 23.5 Å². The van der Waals surface area contributed by atoms with E-state index in [1.807, 2.05) is 13.0 Å². The molecule has 0 aliphatic carbocycles. The summed E-state index contributed by atoms with van der Waals surface area (Å²) in [6, 6.07) is 1.89. The average molecular weight is 288 g/mol. The predicted molar refractivity (Wildman–Crippen MR) is 72.9 cm³/mol. The van der Waals surface area contributed by atoms with Crippen LogP contribution in [0.15, 0.2) is 15.9 Å². The monoisotopic (exact) mass is 288 g/mol. The fourth-order valence-electron chi connectivity index (χ4n) is 1.92. The Hall–Kier alpha value is -0.560. The molecule has 2 rings (SSSR count). The molecule has 18 heavy (non-hydrogen) atoms. The molecule has 0 fully saturated rings. The van der Waals surface area contributed by atoms with E-state index in [-0.39, 0.29) is 13.2 Å². The molecule has 100 valence electrons. The van der Waals surface area contributed by atoms with Crippen molar-refractivity contribution in [3.63, 3.8) is 0 Å². The fourth-order valence-corrected chi connectivity index (χ4v) is 4.70. The van der Waals surface area contributed by atoms with Gasteiger partial charge >= 0.3 is 0 Å². The normalized spacial score (nSPS) is 16.5. The second-order valence-electron chi connectivity index (χ2n) is 4.00. The Morgan fingerprint density at radius 1 is 1.17 bits per heavy atom. The lowest BCUT2D eigenvalue weighted by atomic mass is 10.2. The number of aliphatic hydroxyl groups excluding tert-OH is 2. The summed E-state index contributed by atoms with van der Waals surface area (Å²) in [7, 11) is 3.21. The standard InChI is InChI=1S/C12H16O4S2/c1-7-10(16-3)8(15-2)4-9-11(7)18-12(5-13,6-14)17-9/h4,13-14H,5-6H2,1-3H3. The quantitative estimate of drug-likeness (QED) is 0.882. The second kappa shape index (κ2) is 5.21. The fraction of sp³-hybridized carbons (Fsp3) is 0.500. The van der Waals surface area contributed by atoms with E-state index in [4.69, 9.17) is 9.47 Å². The highest BCUT2D eigenvalue weighted by Gasteiger charge is 2.40. The third-order valence-corrected chi connectivity index (χ3v) is 6.04. The number of rotatable bonds is 4. The Labute approximate surface area is 115 Å². The van der Waals surface area contributed by atoms with Crippen LogP contribution in [-0.2, 0) is 0 Å². The summed E-state index contributed by atoms with van der Waals surface area (Å²) in [5, 5.41) is 18.9. The Morgan fingerprint density at radius 3 is 2.33 bits per heavy atom. The van der Waals surface area contributed by atoms with E-state index in [0.29, 0.717) is 11.5 Å². The van der Waals surface area contributed by atoms with Gasteiger partial charge in [0.15, 0.2) is 11.5 Å². The smallest absolute Gasteiger partial charge is 0.164 e. The summed E-state index contributed by atoms with van der Waals surface area (Å²) in [5.74, 6) is 1.38. The molecule has 2 N–H and O–H groups in total. The summed E-state index contributed by atoms with van der Waals surface area (Å²) in [4.78, 5) is 2.05. The van der Waals surface area contributed by atoms with Gasteiger partial charge < -0.3 is 19.7 Å². The maximum absolute atomic E-state index is 9.47. The van der Waals surface area contributed by atoms with Crippen LogP contribution >= 0.6 is 23.5 Å².